The van der Waals surface area contributed by atoms with Gasteiger partial charge in [0.15, 0.2) is 11.5 Å². The van der Waals surface area contributed by atoms with Crippen LogP contribution in [0.3, 0.4) is 0 Å². The molecule has 0 saturated heterocycles. The van der Waals surface area contributed by atoms with Gasteiger partial charge in [-0.05, 0) is 17.7 Å². The Hall–Kier alpha value is -0.970. The molecule has 0 amide bonds. The van der Waals surface area contributed by atoms with Crippen molar-refractivity contribution in [3.05, 3.63) is 22.7 Å². The van der Waals surface area contributed by atoms with Crippen LogP contribution in [0.4, 0.5) is 0 Å². The quantitative estimate of drug-likeness (QED) is 0.553. The third-order valence-electron chi connectivity index (χ3n) is 1.79. The van der Waals surface area contributed by atoms with Gasteiger partial charge in [0.05, 0.1) is 5.02 Å². The first-order valence-electron chi connectivity index (χ1n) is 3.83. The van der Waals surface area contributed by atoms with Crippen molar-refractivity contribution in [2.75, 3.05) is 6.79 Å². The molecule has 2 rings (SSSR count). The molecule has 0 aromatic heterocycles. The first kappa shape index (κ1) is 8.62. The summed E-state index contributed by atoms with van der Waals surface area (Å²) in [6.07, 6.45) is 0. The van der Waals surface area contributed by atoms with E-state index in [1.54, 1.807) is 6.07 Å². The average molecular weight is 201 g/mol. The van der Waals surface area contributed by atoms with Gasteiger partial charge in [-0.3, -0.25) is 11.3 Å². The van der Waals surface area contributed by atoms with E-state index in [9.17, 15) is 0 Å². The molecule has 1 aromatic carbocycles. The Morgan fingerprint density at radius 3 is 3.08 bits per heavy atom. The minimum absolute atomic E-state index is 0.231. The van der Waals surface area contributed by atoms with Crippen molar-refractivity contribution < 1.29 is 9.47 Å². The predicted octanol–water partition coefficient (Wildman–Crippen LogP) is 1.03. The number of hydrogen-bond donors (Lipinski definition) is 2. The van der Waals surface area contributed by atoms with Crippen LogP contribution in [0.15, 0.2) is 12.1 Å². The second-order valence-corrected chi connectivity index (χ2v) is 3.10. The summed E-state index contributed by atoms with van der Waals surface area (Å²) in [6.45, 7) is 0.783. The van der Waals surface area contributed by atoms with E-state index in [4.69, 9.17) is 26.9 Å². The minimum Gasteiger partial charge on any atom is -0.454 e. The molecule has 1 aromatic rings. The van der Waals surface area contributed by atoms with E-state index in [0.29, 0.717) is 23.1 Å². The van der Waals surface area contributed by atoms with Gasteiger partial charge in [0.25, 0.3) is 0 Å². The lowest BCUT2D eigenvalue weighted by atomic mass is 10.2. The molecule has 1 aliphatic heterocycles. The van der Waals surface area contributed by atoms with Crippen molar-refractivity contribution in [3.63, 3.8) is 0 Å². The monoisotopic (exact) mass is 200 g/mol. The lowest BCUT2D eigenvalue weighted by molar-refractivity contribution is 0.174. The standard InChI is InChI=1S/C8H9ClN2O2/c9-6-1-5(3-11-10)2-7-8(6)13-4-12-7/h1-2,11H,3-4,10H2. The number of halogens is 1. The highest BCUT2D eigenvalue weighted by Gasteiger charge is 2.17. The highest BCUT2D eigenvalue weighted by atomic mass is 35.5. The molecule has 5 heteroatoms. The summed E-state index contributed by atoms with van der Waals surface area (Å²) >= 11 is 5.94. The van der Waals surface area contributed by atoms with Crippen LogP contribution in [0, 0.1) is 0 Å². The molecule has 0 bridgehead atoms. The molecule has 0 aliphatic carbocycles. The van der Waals surface area contributed by atoms with Crippen molar-refractivity contribution >= 4 is 11.6 Å². The molecule has 3 N–H and O–H groups in total. The fourth-order valence-corrected chi connectivity index (χ4v) is 1.53. The van der Waals surface area contributed by atoms with Crippen LogP contribution < -0.4 is 20.7 Å². The number of nitrogens with two attached hydrogens (primary N) is 1. The number of rotatable bonds is 2. The van der Waals surface area contributed by atoms with E-state index in [1.807, 2.05) is 6.07 Å². The molecule has 1 heterocycles. The molecule has 0 fully saturated rings. The summed E-state index contributed by atoms with van der Waals surface area (Å²) in [4.78, 5) is 0. The fourth-order valence-electron chi connectivity index (χ4n) is 1.24. The van der Waals surface area contributed by atoms with E-state index in [-0.39, 0.29) is 6.79 Å². The smallest absolute Gasteiger partial charge is 0.231 e. The van der Waals surface area contributed by atoms with E-state index in [0.717, 1.165) is 5.56 Å². The van der Waals surface area contributed by atoms with Gasteiger partial charge in [0.2, 0.25) is 6.79 Å². The Morgan fingerprint density at radius 2 is 2.31 bits per heavy atom. The Morgan fingerprint density at radius 1 is 1.46 bits per heavy atom. The molecule has 0 spiro atoms. The molecular formula is C8H9ClN2O2. The zero-order chi connectivity index (χ0) is 9.26. The van der Waals surface area contributed by atoms with Crippen LogP contribution in [0.1, 0.15) is 5.56 Å². The van der Waals surface area contributed by atoms with Gasteiger partial charge >= 0.3 is 0 Å². The number of benzene rings is 1. The van der Waals surface area contributed by atoms with Crippen molar-refractivity contribution in [2.24, 2.45) is 5.84 Å². The largest absolute Gasteiger partial charge is 0.454 e. The number of hydrazine groups is 1. The molecule has 13 heavy (non-hydrogen) atoms. The molecule has 0 saturated carbocycles. The molecule has 0 atom stereocenters. The van der Waals surface area contributed by atoms with Gasteiger partial charge in [-0.25, -0.2) is 0 Å². The highest BCUT2D eigenvalue weighted by molar-refractivity contribution is 6.32. The minimum atomic E-state index is 0.231. The van der Waals surface area contributed by atoms with Gasteiger partial charge in [-0.1, -0.05) is 11.6 Å². The molecule has 0 radical (unpaired) electrons. The number of nitrogens with one attached hydrogen (secondary N) is 1. The topological polar surface area (TPSA) is 56.5 Å². The van der Waals surface area contributed by atoms with Gasteiger partial charge in [0, 0.05) is 6.54 Å². The lowest BCUT2D eigenvalue weighted by Crippen LogP contribution is -2.20. The van der Waals surface area contributed by atoms with Crippen LogP contribution in [-0.2, 0) is 6.54 Å². The van der Waals surface area contributed by atoms with Crippen molar-refractivity contribution in [1.82, 2.24) is 5.43 Å². The van der Waals surface area contributed by atoms with E-state index < -0.39 is 0 Å². The number of fused-ring (bicyclic) bond motifs is 1. The SMILES string of the molecule is NNCc1cc(Cl)c2c(c1)OCO2. The van der Waals surface area contributed by atoms with Crippen LogP contribution in [0.5, 0.6) is 11.5 Å². The van der Waals surface area contributed by atoms with Gasteiger partial charge < -0.3 is 9.47 Å². The lowest BCUT2D eigenvalue weighted by Gasteiger charge is -2.03. The van der Waals surface area contributed by atoms with Gasteiger partial charge in [0.1, 0.15) is 0 Å². The van der Waals surface area contributed by atoms with Crippen molar-refractivity contribution in [2.45, 2.75) is 6.54 Å². The molecule has 4 nitrogen and oxygen atoms in total. The summed E-state index contributed by atoms with van der Waals surface area (Å²) < 4.78 is 10.3. The summed E-state index contributed by atoms with van der Waals surface area (Å²) in [6, 6.07) is 3.66. The maximum absolute atomic E-state index is 5.94. The zero-order valence-corrected chi connectivity index (χ0v) is 7.60. The number of hydrogen-bond acceptors (Lipinski definition) is 4. The van der Waals surface area contributed by atoms with Crippen LogP contribution >= 0.6 is 11.6 Å². The van der Waals surface area contributed by atoms with Gasteiger partial charge in [-0.15, -0.1) is 0 Å². The summed E-state index contributed by atoms with van der Waals surface area (Å²) in [7, 11) is 0. The highest BCUT2D eigenvalue weighted by Crippen LogP contribution is 2.39. The normalized spacial score (nSPS) is 13.4. The third-order valence-corrected chi connectivity index (χ3v) is 2.07. The third kappa shape index (κ3) is 1.56. The maximum atomic E-state index is 5.94. The van der Waals surface area contributed by atoms with Crippen molar-refractivity contribution in [3.8, 4) is 11.5 Å². The average Bonchev–Trinajstić information content (AvgIpc) is 2.53. The van der Waals surface area contributed by atoms with Gasteiger partial charge in [-0.2, -0.15) is 0 Å². The van der Waals surface area contributed by atoms with Crippen LogP contribution in [0.2, 0.25) is 5.02 Å². The first-order chi connectivity index (χ1) is 6.31. The summed E-state index contributed by atoms with van der Waals surface area (Å²) in [5.74, 6) is 6.48. The Bertz CT molecular complexity index is 330. The Kier molecular flexibility index (Phi) is 2.26. The molecule has 70 valence electrons. The Balaban J connectivity index is 2.37. The maximum Gasteiger partial charge on any atom is 0.231 e. The van der Waals surface area contributed by atoms with Crippen molar-refractivity contribution in [1.29, 1.82) is 0 Å². The number of ether oxygens (including phenoxy) is 2. The second-order valence-electron chi connectivity index (χ2n) is 2.69. The fraction of sp³-hybridized carbons (Fsp3) is 0.250. The summed E-state index contributed by atoms with van der Waals surface area (Å²) in [5, 5.41) is 0.556. The summed E-state index contributed by atoms with van der Waals surface area (Å²) in [5.41, 5.74) is 3.52. The van der Waals surface area contributed by atoms with Crippen LogP contribution in [0.25, 0.3) is 0 Å². The first-order valence-corrected chi connectivity index (χ1v) is 4.20. The molecule has 1 aliphatic rings. The predicted molar refractivity (Wildman–Crippen MR) is 48.6 cm³/mol. The Labute approximate surface area is 80.5 Å². The van der Waals surface area contributed by atoms with E-state index >= 15 is 0 Å². The van der Waals surface area contributed by atoms with E-state index in [1.165, 1.54) is 0 Å². The molecule has 0 unspecified atom stereocenters. The molecular weight excluding hydrogens is 192 g/mol. The van der Waals surface area contributed by atoms with E-state index in [2.05, 4.69) is 5.43 Å². The van der Waals surface area contributed by atoms with Crippen LogP contribution in [-0.4, -0.2) is 6.79 Å². The zero-order valence-electron chi connectivity index (χ0n) is 6.84. The second kappa shape index (κ2) is 3.41.